The second-order valence-electron chi connectivity index (χ2n) is 6.48. The van der Waals surface area contributed by atoms with E-state index >= 15 is 0 Å². The van der Waals surface area contributed by atoms with Gasteiger partial charge >= 0.3 is 23.9 Å². The summed E-state index contributed by atoms with van der Waals surface area (Å²) < 4.78 is 9.41. The Morgan fingerprint density at radius 2 is 0.917 bits per heavy atom. The lowest BCUT2D eigenvalue weighted by Crippen LogP contribution is -2.23. The van der Waals surface area contributed by atoms with Crippen LogP contribution in [0.15, 0.2) is 12.2 Å². The van der Waals surface area contributed by atoms with E-state index in [-0.39, 0.29) is 11.8 Å². The fourth-order valence-corrected chi connectivity index (χ4v) is 3.25. The monoisotopic (exact) mass is 336 g/mol. The molecule has 0 spiro atoms. The zero-order valence-corrected chi connectivity index (χ0v) is 13.8. The van der Waals surface area contributed by atoms with Crippen molar-refractivity contribution in [2.45, 2.75) is 64.2 Å². The van der Waals surface area contributed by atoms with Crippen molar-refractivity contribution >= 4 is 23.9 Å². The predicted molar refractivity (Wildman–Crippen MR) is 84.5 cm³/mol. The van der Waals surface area contributed by atoms with Gasteiger partial charge in [-0.05, 0) is 25.7 Å². The van der Waals surface area contributed by atoms with Gasteiger partial charge in [0.25, 0.3) is 0 Å². The minimum atomic E-state index is -0.910. The van der Waals surface area contributed by atoms with E-state index in [0.29, 0.717) is 0 Å². The Morgan fingerprint density at radius 3 is 1.25 bits per heavy atom. The van der Waals surface area contributed by atoms with Crippen LogP contribution >= 0.6 is 0 Å². The molecule has 0 amide bonds. The Hall–Kier alpha value is -1.98. The van der Waals surface area contributed by atoms with Gasteiger partial charge in [-0.3, -0.25) is 9.59 Å². The standard InChI is InChI=1S/C18H24O6/c19-15(23-17(21)13-7-3-1-4-8-13)11-12-16(20)24-18(22)14-9-5-2-6-10-14/h11-14H,1-10H2/b12-11+. The summed E-state index contributed by atoms with van der Waals surface area (Å²) >= 11 is 0. The molecule has 2 rings (SSSR count). The molecule has 24 heavy (non-hydrogen) atoms. The van der Waals surface area contributed by atoms with Gasteiger partial charge in [0.05, 0.1) is 11.8 Å². The third kappa shape index (κ3) is 5.91. The summed E-state index contributed by atoms with van der Waals surface area (Å²) in [6.45, 7) is 0. The van der Waals surface area contributed by atoms with E-state index in [1.54, 1.807) is 0 Å². The van der Waals surface area contributed by atoms with Crippen molar-refractivity contribution in [1.82, 2.24) is 0 Å². The van der Waals surface area contributed by atoms with Crippen LogP contribution in [0.5, 0.6) is 0 Å². The van der Waals surface area contributed by atoms with Gasteiger partial charge < -0.3 is 9.47 Å². The third-order valence-electron chi connectivity index (χ3n) is 4.63. The molecule has 0 heterocycles. The van der Waals surface area contributed by atoms with E-state index in [4.69, 9.17) is 9.47 Å². The largest absolute Gasteiger partial charge is 0.390 e. The van der Waals surface area contributed by atoms with Crippen LogP contribution in [-0.4, -0.2) is 23.9 Å². The van der Waals surface area contributed by atoms with E-state index in [1.807, 2.05) is 0 Å². The molecule has 0 atom stereocenters. The molecule has 2 fully saturated rings. The Labute approximate surface area is 141 Å². The molecular weight excluding hydrogens is 312 g/mol. The Bertz CT molecular complexity index is 464. The van der Waals surface area contributed by atoms with Gasteiger partial charge in [-0.25, -0.2) is 9.59 Å². The van der Waals surface area contributed by atoms with Crippen molar-refractivity contribution in [3.63, 3.8) is 0 Å². The summed E-state index contributed by atoms with van der Waals surface area (Å²) in [6.07, 6.45) is 10.6. The van der Waals surface area contributed by atoms with Gasteiger partial charge in [-0.1, -0.05) is 38.5 Å². The highest BCUT2D eigenvalue weighted by atomic mass is 16.6. The van der Waals surface area contributed by atoms with Crippen molar-refractivity contribution in [2.75, 3.05) is 0 Å². The molecule has 2 aliphatic rings. The highest BCUT2D eigenvalue weighted by Crippen LogP contribution is 2.25. The van der Waals surface area contributed by atoms with Crippen LogP contribution in [-0.2, 0) is 28.7 Å². The minimum Gasteiger partial charge on any atom is -0.390 e. The average molecular weight is 336 g/mol. The molecule has 0 aliphatic heterocycles. The molecule has 0 aromatic carbocycles. The van der Waals surface area contributed by atoms with Crippen LogP contribution in [0.3, 0.4) is 0 Å². The van der Waals surface area contributed by atoms with Crippen LogP contribution in [0.1, 0.15) is 64.2 Å². The van der Waals surface area contributed by atoms with Gasteiger partial charge in [0.1, 0.15) is 0 Å². The number of hydrogen-bond acceptors (Lipinski definition) is 6. The second kappa shape index (κ2) is 9.35. The quantitative estimate of drug-likeness (QED) is 0.446. The molecule has 0 bridgehead atoms. The van der Waals surface area contributed by atoms with Crippen LogP contribution in [0.25, 0.3) is 0 Å². The second-order valence-corrected chi connectivity index (χ2v) is 6.48. The van der Waals surface area contributed by atoms with Gasteiger partial charge in [0.15, 0.2) is 0 Å². The molecule has 132 valence electrons. The average Bonchev–Trinajstić information content (AvgIpc) is 2.61. The fourth-order valence-electron chi connectivity index (χ4n) is 3.25. The molecule has 0 saturated heterocycles. The molecule has 2 saturated carbocycles. The predicted octanol–water partition coefficient (Wildman–Crippen LogP) is 2.84. The maximum atomic E-state index is 11.8. The Morgan fingerprint density at radius 1 is 0.583 bits per heavy atom. The first-order valence-electron chi connectivity index (χ1n) is 8.75. The summed E-state index contributed by atoms with van der Waals surface area (Å²) in [5, 5.41) is 0. The van der Waals surface area contributed by atoms with E-state index < -0.39 is 23.9 Å². The maximum Gasteiger partial charge on any atom is 0.338 e. The lowest BCUT2D eigenvalue weighted by atomic mass is 9.89. The van der Waals surface area contributed by atoms with Crippen molar-refractivity contribution in [3.8, 4) is 0 Å². The third-order valence-corrected chi connectivity index (χ3v) is 4.63. The first-order valence-corrected chi connectivity index (χ1v) is 8.75. The van der Waals surface area contributed by atoms with Crippen LogP contribution < -0.4 is 0 Å². The number of esters is 4. The molecule has 0 radical (unpaired) electrons. The number of hydrogen-bond donors (Lipinski definition) is 0. The van der Waals surface area contributed by atoms with Crippen molar-refractivity contribution in [3.05, 3.63) is 12.2 Å². The first kappa shape index (κ1) is 18.4. The van der Waals surface area contributed by atoms with Gasteiger partial charge in [-0.15, -0.1) is 0 Å². The molecule has 6 nitrogen and oxygen atoms in total. The molecule has 0 unspecified atom stereocenters. The Balaban J connectivity index is 1.72. The van der Waals surface area contributed by atoms with Gasteiger partial charge in [0, 0.05) is 12.2 Å². The number of ether oxygens (including phenoxy) is 2. The van der Waals surface area contributed by atoms with Crippen molar-refractivity contribution < 1.29 is 28.7 Å². The number of carbonyl (C=O) groups is 4. The number of rotatable bonds is 4. The van der Waals surface area contributed by atoms with Gasteiger partial charge in [-0.2, -0.15) is 0 Å². The van der Waals surface area contributed by atoms with Crippen LogP contribution in [0.4, 0.5) is 0 Å². The zero-order chi connectivity index (χ0) is 17.4. The van der Waals surface area contributed by atoms with E-state index in [1.165, 1.54) is 0 Å². The fraction of sp³-hybridized carbons (Fsp3) is 0.667. The molecular formula is C18H24O6. The van der Waals surface area contributed by atoms with Gasteiger partial charge in [0.2, 0.25) is 0 Å². The maximum absolute atomic E-state index is 11.8. The molecule has 2 aliphatic carbocycles. The molecule has 0 N–H and O–H groups in total. The lowest BCUT2D eigenvalue weighted by molar-refractivity contribution is -0.162. The van der Waals surface area contributed by atoms with Crippen LogP contribution in [0, 0.1) is 11.8 Å². The Kier molecular flexibility index (Phi) is 7.15. The summed E-state index contributed by atoms with van der Waals surface area (Å²) in [4.78, 5) is 46.7. The summed E-state index contributed by atoms with van der Waals surface area (Å²) in [5.74, 6) is -3.39. The van der Waals surface area contributed by atoms with Crippen LogP contribution in [0.2, 0.25) is 0 Å². The zero-order valence-electron chi connectivity index (χ0n) is 13.8. The summed E-state index contributed by atoms with van der Waals surface area (Å²) in [6, 6.07) is 0. The highest BCUT2D eigenvalue weighted by molar-refractivity contribution is 5.99. The molecule has 0 aromatic rings. The highest BCUT2D eigenvalue weighted by Gasteiger charge is 2.25. The van der Waals surface area contributed by atoms with E-state index in [2.05, 4.69) is 0 Å². The SMILES string of the molecule is O=C(/C=C/C(=O)OC(=O)C1CCCCC1)OC(=O)C1CCCCC1. The molecule has 0 aromatic heterocycles. The normalized spacial score (nSPS) is 19.8. The van der Waals surface area contributed by atoms with E-state index in [0.717, 1.165) is 76.4 Å². The lowest BCUT2D eigenvalue weighted by Gasteiger charge is -2.19. The minimum absolute atomic E-state index is 0.240. The first-order chi connectivity index (χ1) is 11.6. The molecule has 6 heteroatoms. The van der Waals surface area contributed by atoms with Crippen molar-refractivity contribution in [2.24, 2.45) is 11.8 Å². The summed E-state index contributed by atoms with van der Waals surface area (Å²) in [5.41, 5.74) is 0. The number of carbonyl (C=O) groups excluding carboxylic acids is 4. The van der Waals surface area contributed by atoms with Crippen molar-refractivity contribution in [1.29, 1.82) is 0 Å². The topological polar surface area (TPSA) is 86.7 Å². The van der Waals surface area contributed by atoms with E-state index in [9.17, 15) is 19.2 Å². The summed E-state index contributed by atoms with van der Waals surface area (Å²) in [7, 11) is 0. The smallest absolute Gasteiger partial charge is 0.338 e.